The summed E-state index contributed by atoms with van der Waals surface area (Å²) < 4.78 is 0. The lowest BCUT2D eigenvalue weighted by Crippen LogP contribution is -2.50. The Kier molecular flexibility index (Phi) is 3.52. The molecule has 2 heterocycles. The lowest BCUT2D eigenvalue weighted by atomic mass is 10.1. The van der Waals surface area contributed by atoms with Gasteiger partial charge in [0.05, 0.1) is 0 Å². The van der Waals surface area contributed by atoms with Crippen molar-refractivity contribution >= 4 is 11.8 Å². The zero-order valence-electron chi connectivity index (χ0n) is 8.46. The van der Waals surface area contributed by atoms with E-state index in [9.17, 15) is 0 Å². The molecule has 13 heavy (non-hydrogen) atoms. The maximum atomic E-state index is 3.48. The quantitative estimate of drug-likeness (QED) is 0.720. The van der Waals surface area contributed by atoms with Gasteiger partial charge in [-0.15, -0.1) is 0 Å². The van der Waals surface area contributed by atoms with E-state index in [1.54, 1.807) is 0 Å². The van der Waals surface area contributed by atoms with E-state index in [2.05, 4.69) is 28.9 Å². The Morgan fingerprint density at radius 2 is 2.23 bits per heavy atom. The molecule has 0 aromatic rings. The summed E-state index contributed by atoms with van der Waals surface area (Å²) in [6.07, 6.45) is 2.76. The Balaban J connectivity index is 1.71. The van der Waals surface area contributed by atoms with Crippen molar-refractivity contribution in [3.05, 3.63) is 0 Å². The van der Waals surface area contributed by atoms with Crippen LogP contribution in [0.25, 0.3) is 0 Å². The van der Waals surface area contributed by atoms with Crippen LogP contribution < -0.4 is 5.32 Å². The number of hydrogen-bond donors (Lipinski definition) is 1. The van der Waals surface area contributed by atoms with Gasteiger partial charge < -0.3 is 10.2 Å². The van der Waals surface area contributed by atoms with Crippen LogP contribution in [0.5, 0.6) is 0 Å². The normalized spacial score (nSPS) is 36.7. The number of hydrogen-bond acceptors (Lipinski definition) is 3. The molecule has 2 atom stereocenters. The summed E-state index contributed by atoms with van der Waals surface area (Å²) in [5.41, 5.74) is 0. The second kappa shape index (κ2) is 4.67. The molecule has 0 aliphatic carbocycles. The van der Waals surface area contributed by atoms with Gasteiger partial charge in [-0.2, -0.15) is 11.8 Å². The molecule has 2 rings (SSSR count). The molecule has 76 valence electrons. The van der Waals surface area contributed by atoms with Gasteiger partial charge in [0.15, 0.2) is 0 Å². The van der Waals surface area contributed by atoms with Crippen LogP contribution in [0.2, 0.25) is 0 Å². The molecule has 2 unspecified atom stereocenters. The summed E-state index contributed by atoms with van der Waals surface area (Å²) in [7, 11) is 0. The highest BCUT2D eigenvalue weighted by atomic mass is 32.2. The first-order valence-corrected chi connectivity index (χ1v) is 6.47. The number of thioether (sulfide) groups is 1. The van der Waals surface area contributed by atoms with Crippen molar-refractivity contribution in [2.24, 2.45) is 0 Å². The molecule has 2 saturated heterocycles. The monoisotopic (exact) mass is 200 g/mol. The van der Waals surface area contributed by atoms with Gasteiger partial charge in [-0.3, -0.25) is 0 Å². The minimum atomic E-state index is 0.804. The average molecular weight is 200 g/mol. The fourth-order valence-electron chi connectivity index (χ4n) is 1.94. The molecule has 0 saturated carbocycles. The van der Waals surface area contributed by atoms with E-state index < -0.39 is 0 Å². The Morgan fingerprint density at radius 1 is 1.38 bits per heavy atom. The molecule has 0 bridgehead atoms. The highest BCUT2D eigenvalue weighted by Gasteiger charge is 2.21. The van der Waals surface area contributed by atoms with Crippen molar-refractivity contribution in [3.63, 3.8) is 0 Å². The Labute approximate surface area is 85.4 Å². The van der Waals surface area contributed by atoms with E-state index in [1.807, 2.05) is 0 Å². The van der Waals surface area contributed by atoms with Crippen LogP contribution in [0.15, 0.2) is 0 Å². The van der Waals surface area contributed by atoms with E-state index >= 15 is 0 Å². The van der Waals surface area contributed by atoms with E-state index in [0.29, 0.717) is 0 Å². The molecule has 0 amide bonds. The molecule has 3 heteroatoms. The largest absolute Gasteiger partial charge is 0.313 e. The van der Waals surface area contributed by atoms with Crippen LogP contribution in [0, 0.1) is 0 Å². The van der Waals surface area contributed by atoms with Gasteiger partial charge in [-0.25, -0.2) is 0 Å². The second-order valence-electron chi connectivity index (χ2n) is 4.21. The van der Waals surface area contributed by atoms with Crippen molar-refractivity contribution < 1.29 is 0 Å². The standard InChI is InChI=1S/C10H20N2S/c1-9-3-5-12(6-7-13-9)8-10-2-4-11-10/h9-11H,2-8H2,1H3. The Hall–Kier alpha value is 0.270. The van der Waals surface area contributed by atoms with E-state index in [1.165, 1.54) is 44.8 Å². The van der Waals surface area contributed by atoms with Crippen LogP contribution in [-0.2, 0) is 0 Å². The van der Waals surface area contributed by atoms with Crippen molar-refractivity contribution in [1.82, 2.24) is 10.2 Å². The minimum Gasteiger partial charge on any atom is -0.313 e. The number of nitrogens with zero attached hydrogens (tertiary/aromatic N) is 1. The average Bonchev–Trinajstić information content (AvgIpc) is 2.23. The second-order valence-corrected chi connectivity index (χ2v) is 5.76. The van der Waals surface area contributed by atoms with Crippen LogP contribution in [0.4, 0.5) is 0 Å². The molecular weight excluding hydrogens is 180 g/mol. The van der Waals surface area contributed by atoms with Crippen molar-refractivity contribution in [2.45, 2.75) is 31.1 Å². The summed E-state index contributed by atoms with van der Waals surface area (Å²) in [5, 5.41) is 4.35. The molecule has 0 aromatic heterocycles. The molecular formula is C10H20N2S. The first-order valence-electron chi connectivity index (χ1n) is 5.42. The highest BCUT2D eigenvalue weighted by Crippen LogP contribution is 2.19. The van der Waals surface area contributed by atoms with E-state index in [0.717, 1.165) is 11.3 Å². The predicted octanol–water partition coefficient (Wildman–Crippen LogP) is 1.18. The lowest BCUT2D eigenvalue weighted by molar-refractivity contribution is 0.218. The van der Waals surface area contributed by atoms with Gasteiger partial charge in [0.1, 0.15) is 0 Å². The Morgan fingerprint density at radius 3 is 2.92 bits per heavy atom. The smallest absolute Gasteiger partial charge is 0.0207 e. The summed E-state index contributed by atoms with van der Waals surface area (Å²) in [5.74, 6) is 1.33. The van der Waals surface area contributed by atoms with Crippen molar-refractivity contribution in [1.29, 1.82) is 0 Å². The predicted molar refractivity (Wildman–Crippen MR) is 59.4 cm³/mol. The third-order valence-corrected chi connectivity index (χ3v) is 4.29. The van der Waals surface area contributed by atoms with E-state index in [4.69, 9.17) is 0 Å². The fourth-order valence-corrected chi connectivity index (χ4v) is 2.98. The minimum absolute atomic E-state index is 0.804. The molecule has 2 aliphatic rings. The van der Waals surface area contributed by atoms with Crippen LogP contribution in [0.3, 0.4) is 0 Å². The third kappa shape index (κ3) is 2.86. The summed E-state index contributed by atoms with van der Waals surface area (Å²) in [6.45, 7) is 7.49. The highest BCUT2D eigenvalue weighted by molar-refractivity contribution is 7.99. The fraction of sp³-hybridized carbons (Fsp3) is 1.00. The Bertz CT molecular complexity index is 159. The van der Waals surface area contributed by atoms with Gasteiger partial charge >= 0.3 is 0 Å². The van der Waals surface area contributed by atoms with Crippen LogP contribution >= 0.6 is 11.8 Å². The third-order valence-electron chi connectivity index (χ3n) is 3.07. The number of nitrogens with one attached hydrogen (secondary N) is 1. The molecule has 0 aromatic carbocycles. The SMILES string of the molecule is CC1CCN(CC2CCN2)CCS1. The molecule has 2 aliphatic heterocycles. The molecule has 0 spiro atoms. The summed E-state index contributed by atoms with van der Waals surface area (Å²) in [4.78, 5) is 2.63. The van der Waals surface area contributed by atoms with Gasteiger partial charge in [-0.05, 0) is 25.9 Å². The number of rotatable bonds is 2. The van der Waals surface area contributed by atoms with Gasteiger partial charge in [0, 0.05) is 30.1 Å². The maximum absolute atomic E-state index is 3.48. The summed E-state index contributed by atoms with van der Waals surface area (Å²) >= 11 is 2.13. The summed E-state index contributed by atoms with van der Waals surface area (Å²) in [6, 6.07) is 0.804. The van der Waals surface area contributed by atoms with Crippen LogP contribution in [-0.4, -0.2) is 48.1 Å². The molecule has 2 nitrogen and oxygen atoms in total. The molecule has 2 fully saturated rings. The van der Waals surface area contributed by atoms with Crippen LogP contribution in [0.1, 0.15) is 19.8 Å². The topological polar surface area (TPSA) is 15.3 Å². The zero-order chi connectivity index (χ0) is 9.10. The lowest BCUT2D eigenvalue weighted by Gasteiger charge is -2.32. The zero-order valence-corrected chi connectivity index (χ0v) is 9.28. The molecule has 1 N–H and O–H groups in total. The first-order chi connectivity index (χ1) is 6.34. The van der Waals surface area contributed by atoms with Crippen molar-refractivity contribution in [2.75, 3.05) is 31.9 Å². The molecule has 0 radical (unpaired) electrons. The van der Waals surface area contributed by atoms with Crippen molar-refractivity contribution in [3.8, 4) is 0 Å². The van der Waals surface area contributed by atoms with E-state index in [-0.39, 0.29) is 0 Å². The van der Waals surface area contributed by atoms with Gasteiger partial charge in [-0.1, -0.05) is 6.92 Å². The first kappa shape index (κ1) is 9.81. The van der Waals surface area contributed by atoms with Gasteiger partial charge in [0.2, 0.25) is 0 Å². The maximum Gasteiger partial charge on any atom is 0.0207 e. The van der Waals surface area contributed by atoms with Gasteiger partial charge in [0.25, 0.3) is 0 Å².